The summed E-state index contributed by atoms with van der Waals surface area (Å²) in [5.74, 6) is 0. The molecule has 0 N–H and O–H groups in total. The molecule has 0 saturated heterocycles. The standard InChI is InChI=1S/C17H23BrN2/c1-3-15-13-16(20(4-2)19-15)11-8-12-17(18)14-9-6-5-7-10-14/h5-7,9-10,13,17H,3-4,8,11-12H2,1-2H3. The first-order valence-corrected chi connectivity index (χ1v) is 8.40. The van der Waals surface area contributed by atoms with Crippen molar-refractivity contribution >= 4 is 15.9 Å². The monoisotopic (exact) mass is 334 g/mol. The van der Waals surface area contributed by atoms with Crippen molar-refractivity contribution in [1.29, 1.82) is 0 Å². The number of nitrogens with zero attached hydrogens (tertiary/aromatic N) is 2. The molecule has 1 aromatic heterocycles. The van der Waals surface area contributed by atoms with Crippen LogP contribution in [0.3, 0.4) is 0 Å². The summed E-state index contributed by atoms with van der Waals surface area (Å²) in [6.45, 7) is 5.29. The second-order valence-electron chi connectivity index (χ2n) is 5.07. The molecule has 0 amide bonds. The number of benzene rings is 1. The molecule has 20 heavy (non-hydrogen) atoms. The van der Waals surface area contributed by atoms with Crippen LogP contribution in [0, 0.1) is 0 Å². The quantitative estimate of drug-likeness (QED) is 0.657. The fourth-order valence-corrected chi connectivity index (χ4v) is 3.08. The Kier molecular flexibility index (Phi) is 5.84. The van der Waals surface area contributed by atoms with Crippen LogP contribution >= 0.6 is 15.9 Å². The summed E-state index contributed by atoms with van der Waals surface area (Å²) >= 11 is 3.79. The van der Waals surface area contributed by atoms with Gasteiger partial charge in [-0.25, -0.2) is 0 Å². The van der Waals surface area contributed by atoms with Gasteiger partial charge in [-0.15, -0.1) is 0 Å². The molecule has 108 valence electrons. The maximum Gasteiger partial charge on any atom is 0.0624 e. The topological polar surface area (TPSA) is 17.8 Å². The van der Waals surface area contributed by atoms with E-state index in [4.69, 9.17) is 0 Å². The normalized spacial score (nSPS) is 12.6. The third-order valence-corrected chi connectivity index (χ3v) is 4.61. The Morgan fingerprint density at radius 1 is 1.20 bits per heavy atom. The molecule has 2 aromatic rings. The first-order chi connectivity index (χ1) is 9.74. The highest BCUT2D eigenvalue weighted by atomic mass is 79.9. The Bertz CT molecular complexity index is 519. The summed E-state index contributed by atoms with van der Waals surface area (Å²) < 4.78 is 2.14. The lowest BCUT2D eigenvalue weighted by molar-refractivity contribution is 0.595. The number of aromatic nitrogens is 2. The Labute approximate surface area is 130 Å². The Morgan fingerprint density at radius 3 is 2.60 bits per heavy atom. The van der Waals surface area contributed by atoms with Crippen LogP contribution in [-0.2, 0) is 19.4 Å². The molecule has 0 aliphatic rings. The molecule has 0 aliphatic carbocycles. The minimum absolute atomic E-state index is 0.451. The summed E-state index contributed by atoms with van der Waals surface area (Å²) in [7, 11) is 0. The molecule has 3 heteroatoms. The van der Waals surface area contributed by atoms with Crippen LogP contribution in [0.4, 0.5) is 0 Å². The average Bonchev–Trinajstić information content (AvgIpc) is 2.90. The van der Waals surface area contributed by atoms with Gasteiger partial charge in [0.1, 0.15) is 0 Å². The van der Waals surface area contributed by atoms with Crippen molar-refractivity contribution in [2.75, 3.05) is 0 Å². The van der Waals surface area contributed by atoms with Crippen LogP contribution in [-0.4, -0.2) is 9.78 Å². The van der Waals surface area contributed by atoms with Gasteiger partial charge in [-0.2, -0.15) is 5.10 Å². The van der Waals surface area contributed by atoms with Gasteiger partial charge in [-0.05, 0) is 44.2 Å². The zero-order valence-electron chi connectivity index (χ0n) is 12.3. The summed E-state index contributed by atoms with van der Waals surface area (Å²) in [6, 6.07) is 12.9. The zero-order valence-corrected chi connectivity index (χ0v) is 13.9. The van der Waals surface area contributed by atoms with Crippen molar-refractivity contribution in [1.82, 2.24) is 9.78 Å². The van der Waals surface area contributed by atoms with Gasteiger partial charge in [0, 0.05) is 17.1 Å². The van der Waals surface area contributed by atoms with E-state index >= 15 is 0 Å². The molecule has 2 nitrogen and oxygen atoms in total. The number of aryl methyl sites for hydroxylation is 3. The number of alkyl halides is 1. The first-order valence-electron chi connectivity index (χ1n) is 7.49. The number of halogens is 1. The first kappa shape index (κ1) is 15.3. The fourth-order valence-electron chi connectivity index (χ4n) is 2.45. The molecule has 1 atom stereocenters. The predicted molar refractivity (Wildman–Crippen MR) is 88.3 cm³/mol. The average molecular weight is 335 g/mol. The predicted octanol–water partition coefficient (Wildman–Crippen LogP) is 4.92. The smallest absolute Gasteiger partial charge is 0.0624 e. The maximum absolute atomic E-state index is 4.61. The summed E-state index contributed by atoms with van der Waals surface area (Å²) in [6.07, 6.45) is 4.46. The lowest BCUT2D eigenvalue weighted by Crippen LogP contribution is -2.03. The van der Waals surface area contributed by atoms with E-state index in [1.54, 1.807) is 0 Å². The van der Waals surface area contributed by atoms with Crippen LogP contribution in [0.25, 0.3) is 0 Å². The lowest BCUT2D eigenvalue weighted by Gasteiger charge is -2.10. The van der Waals surface area contributed by atoms with Crippen LogP contribution in [0.15, 0.2) is 36.4 Å². The van der Waals surface area contributed by atoms with Crippen LogP contribution < -0.4 is 0 Å². The van der Waals surface area contributed by atoms with E-state index in [0.717, 1.165) is 25.8 Å². The van der Waals surface area contributed by atoms with Gasteiger partial charge in [0.2, 0.25) is 0 Å². The van der Waals surface area contributed by atoms with Gasteiger partial charge in [0.25, 0.3) is 0 Å². The second-order valence-corrected chi connectivity index (χ2v) is 6.17. The SMILES string of the molecule is CCc1cc(CCCC(Br)c2ccccc2)n(CC)n1. The van der Waals surface area contributed by atoms with E-state index in [0.29, 0.717) is 4.83 Å². The van der Waals surface area contributed by atoms with Gasteiger partial charge in [-0.3, -0.25) is 4.68 Å². The molecule has 1 heterocycles. The zero-order chi connectivity index (χ0) is 14.4. The molecule has 2 rings (SSSR count). The maximum atomic E-state index is 4.61. The van der Waals surface area contributed by atoms with Gasteiger partial charge in [0.05, 0.1) is 5.69 Å². The van der Waals surface area contributed by atoms with E-state index in [1.807, 2.05) is 0 Å². The summed E-state index contributed by atoms with van der Waals surface area (Å²) in [5.41, 5.74) is 3.95. The summed E-state index contributed by atoms with van der Waals surface area (Å²) in [5, 5.41) is 4.61. The molecule has 0 bridgehead atoms. The van der Waals surface area contributed by atoms with Gasteiger partial charge in [-0.1, -0.05) is 53.2 Å². The Morgan fingerprint density at radius 2 is 1.95 bits per heavy atom. The van der Waals surface area contributed by atoms with E-state index in [2.05, 4.69) is 76.0 Å². The van der Waals surface area contributed by atoms with Gasteiger partial charge in [0.15, 0.2) is 0 Å². The van der Waals surface area contributed by atoms with Gasteiger partial charge >= 0.3 is 0 Å². The van der Waals surface area contributed by atoms with E-state index in [1.165, 1.54) is 23.4 Å². The van der Waals surface area contributed by atoms with Crippen LogP contribution in [0.5, 0.6) is 0 Å². The highest BCUT2D eigenvalue weighted by Crippen LogP contribution is 2.28. The molecular weight excluding hydrogens is 312 g/mol. The molecule has 0 saturated carbocycles. The van der Waals surface area contributed by atoms with Crippen molar-refractivity contribution in [3.8, 4) is 0 Å². The fraction of sp³-hybridized carbons (Fsp3) is 0.471. The van der Waals surface area contributed by atoms with Crippen LogP contribution in [0.1, 0.15) is 48.5 Å². The lowest BCUT2D eigenvalue weighted by atomic mass is 10.1. The number of hydrogen-bond donors (Lipinski definition) is 0. The minimum Gasteiger partial charge on any atom is -0.270 e. The molecule has 0 fully saturated rings. The molecule has 0 radical (unpaired) electrons. The number of hydrogen-bond acceptors (Lipinski definition) is 1. The molecule has 1 aromatic carbocycles. The third-order valence-electron chi connectivity index (χ3n) is 3.63. The molecule has 0 aliphatic heterocycles. The Hall–Kier alpha value is -1.09. The van der Waals surface area contributed by atoms with E-state index in [9.17, 15) is 0 Å². The van der Waals surface area contributed by atoms with E-state index in [-0.39, 0.29) is 0 Å². The molecule has 1 unspecified atom stereocenters. The van der Waals surface area contributed by atoms with Crippen molar-refractivity contribution in [2.24, 2.45) is 0 Å². The molecule has 0 spiro atoms. The summed E-state index contributed by atoms with van der Waals surface area (Å²) in [4.78, 5) is 0.451. The van der Waals surface area contributed by atoms with Crippen molar-refractivity contribution in [3.63, 3.8) is 0 Å². The minimum atomic E-state index is 0.451. The van der Waals surface area contributed by atoms with Crippen molar-refractivity contribution in [3.05, 3.63) is 53.3 Å². The molecular formula is C17H23BrN2. The third kappa shape index (κ3) is 3.95. The van der Waals surface area contributed by atoms with Crippen molar-refractivity contribution < 1.29 is 0 Å². The van der Waals surface area contributed by atoms with E-state index < -0.39 is 0 Å². The Balaban J connectivity index is 1.88. The van der Waals surface area contributed by atoms with Gasteiger partial charge < -0.3 is 0 Å². The highest BCUT2D eigenvalue weighted by Gasteiger charge is 2.09. The van der Waals surface area contributed by atoms with Crippen molar-refractivity contribution in [2.45, 2.75) is 50.9 Å². The second kappa shape index (κ2) is 7.63. The largest absolute Gasteiger partial charge is 0.270 e. The highest BCUT2D eigenvalue weighted by molar-refractivity contribution is 9.09. The number of rotatable bonds is 7. The van der Waals surface area contributed by atoms with Crippen LogP contribution in [0.2, 0.25) is 0 Å².